The van der Waals surface area contributed by atoms with Gasteiger partial charge in [-0.25, -0.2) is 5.10 Å². The molecule has 4 N–H and O–H groups in total. The van der Waals surface area contributed by atoms with E-state index in [9.17, 15) is 14.7 Å². The number of esters is 1. The summed E-state index contributed by atoms with van der Waals surface area (Å²) >= 11 is 1.17. The van der Waals surface area contributed by atoms with Crippen LogP contribution in [0.1, 0.15) is 73.1 Å². The number of thioether (sulfide) groups is 1. The van der Waals surface area contributed by atoms with Gasteiger partial charge in [0.25, 0.3) is 0 Å². The monoisotopic (exact) mass is 478 g/mol. The number of aliphatic hydroxyl groups is 1. The summed E-state index contributed by atoms with van der Waals surface area (Å²) in [7, 11) is 0. The highest BCUT2D eigenvalue weighted by Gasteiger charge is 2.68. The fourth-order valence-electron chi connectivity index (χ4n) is 7.35. The largest absolute Gasteiger partial charge is 0.461 e. The maximum Gasteiger partial charge on any atom is 0.316 e. The van der Waals surface area contributed by atoms with Crippen molar-refractivity contribution in [3.63, 3.8) is 0 Å². The van der Waals surface area contributed by atoms with E-state index in [0.29, 0.717) is 18.0 Å². The Hall–Kier alpha value is -1.61. The van der Waals surface area contributed by atoms with Gasteiger partial charge in [0.1, 0.15) is 11.9 Å². The summed E-state index contributed by atoms with van der Waals surface area (Å²) < 4.78 is 6.23. The lowest BCUT2D eigenvalue weighted by Gasteiger charge is -2.62. The number of H-pyrrole nitrogens is 1. The maximum atomic E-state index is 13.4. The number of hydrogen-bond acceptors (Lipinski definition) is 8. The lowest BCUT2D eigenvalue weighted by Crippen LogP contribution is -2.63. The van der Waals surface area contributed by atoms with Crippen LogP contribution in [-0.4, -0.2) is 50.0 Å². The Bertz CT molecular complexity index is 924. The number of aromatic amines is 1. The quantitative estimate of drug-likeness (QED) is 0.432. The van der Waals surface area contributed by atoms with Crippen LogP contribution in [-0.2, 0) is 14.3 Å². The van der Waals surface area contributed by atoms with Crippen LogP contribution in [0.4, 0.5) is 5.95 Å². The van der Waals surface area contributed by atoms with Crippen molar-refractivity contribution in [2.24, 2.45) is 34.0 Å². The van der Waals surface area contributed by atoms with E-state index < -0.39 is 23.0 Å². The Balaban J connectivity index is 1.69. The summed E-state index contributed by atoms with van der Waals surface area (Å²) in [6.07, 6.45) is 3.60. The normalized spacial score (nSPS) is 43.0. The first kappa shape index (κ1) is 24.5. The van der Waals surface area contributed by atoms with Crippen molar-refractivity contribution in [1.82, 2.24) is 15.2 Å². The van der Waals surface area contributed by atoms with Gasteiger partial charge in [-0.2, -0.15) is 4.98 Å². The third kappa shape index (κ3) is 3.79. The van der Waals surface area contributed by atoms with Crippen LogP contribution in [0.15, 0.2) is 5.16 Å². The number of aromatic nitrogens is 3. The smallest absolute Gasteiger partial charge is 0.316 e. The molecule has 184 valence electrons. The predicted octanol–water partition coefficient (Wildman–Crippen LogP) is 3.61. The molecule has 4 rings (SSSR count). The molecule has 8 nitrogen and oxygen atoms in total. The molecule has 0 radical (unpaired) electrons. The molecule has 33 heavy (non-hydrogen) atoms. The second-order valence-electron chi connectivity index (χ2n) is 11.2. The van der Waals surface area contributed by atoms with Gasteiger partial charge < -0.3 is 15.6 Å². The zero-order valence-corrected chi connectivity index (χ0v) is 21.2. The molecule has 0 aliphatic heterocycles. The van der Waals surface area contributed by atoms with Crippen molar-refractivity contribution in [2.75, 3.05) is 11.5 Å². The number of carbonyl (C=O) groups is 2. The molecule has 1 aromatic rings. The molecule has 2 bridgehead atoms. The summed E-state index contributed by atoms with van der Waals surface area (Å²) in [5, 5.41) is 18.5. The standard InChI is InChI=1S/C24H38N4O4S/c1-6-22(4)11-16(32-17(30)12-33-21-26-20(25)27-28-21)23(5)13(2)7-9-24(14(3)19(22)31)10-8-15(29)18(23)24/h13-14,16,18-19,31H,6-12H2,1-5H3,(H3,25,26,27,28)/t13-,14+,16-,18+,19+,22-,23?,24?/m1/s1. The molecule has 3 fully saturated rings. The zero-order valence-electron chi connectivity index (χ0n) is 20.4. The predicted molar refractivity (Wildman–Crippen MR) is 126 cm³/mol. The number of nitrogens with zero attached hydrogens (tertiary/aromatic N) is 2. The van der Waals surface area contributed by atoms with Crippen LogP contribution >= 0.6 is 11.8 Å². The lowest BCUT2D eigenvalue weighted by molar-refractivity contribution is -0.211. The molecule has 1 aromatic heterocycles. The first-order valence-corrected chi connectivity index (χ1v) is 13.2. The minimum atomic E-state index is -0.555. The van der Waals surface area contributed by atoms with Crippen molar-refractivity contribution in [3.05, 3.63) is 0 Å². The van der Waals surface area contributed by atoms with E-state index in [1.54, 1.807) is 0 Å². The topological polar surface area (TPSA) is 131 Å². The molecule has 9 heteroatoms. The number of anilines is 1. The average molecular weight is 479 g/mol. The second-order valence-corrected chi connectivity index (χ2v) is 12.1. The second kappa shape index (κ2) is 8.56. The number of carbonyl (C=O) groups excluding carboxylic acids is 2. The number of rotatable bonds is 5. The summed E-state index contributed by atoms with van der Waals surface area (Å²) in [4.78, 5) is 30.5. The van der Waals surface area contributed by atoms with Gasteiger partial charge in [-0.3, -0.25) is 9.59 Å². The highest BCUT2D eigenvalue weighted by Crippen LogP contribution is 2.68. The Kier molecular flexibility index (Phi) is 6.36. The van der Waals surface area contributed by atoms with E-state index in [1.807, 2.05) is 0 Å². The van der Waals surface area contributed by atoms with Crippen LogP contribution in [0.5, 0.6) is 0 Å². The van der Waals surface area contributed by atoms with E-state index in [1.165, 1.54) is 11.8 Å². The number of ketones is 1. The molecule has 3 aliphatic rings. The number of ether oxygens (including phenoxy) is 1. The third-order valence-electron chi connectivity index (χ3n) is 9.78. The summed E-state index contributed by atoms with van der Waals surface area (Å²) in [5.41, 5.74) is 4.47. The number of Topliss-reactive ketones (excluding diaryl/α,β-unsaturated/α-hetero) is 1. The van der Waals surface area contributed by atoms with Gasteiger partial charge >= 0.3 is 5.97 Å². The average Bonchev–Trinajstić information content (AvgIpc) is 3.36. The summed E-state index contributed by atoms with van der Waals surface area (Å²) in [6, 6.07) is 0. The molecule has 3 saturated carbocycles. The molecule has 0 saturated heterocycles. The van der Waals surface area contributed by atoms with Crippen molar-refractivity contribution < 1.29 is 19.4 Å². The van der Waals surface area contributed by atoms with E-state index in [0.717, 1.165) is 25.7 Å². The molecule has 3 aliphatic carbocycles. The molecular weight excluding hydrogens is 440 g/mol. The van der Waals surface area contributed by atoms with E-state index in [2.05, 4.69) is 49.8 Å². The molecular formula is C24H38N4O4S. The number of hydrogen-bond donors (Lipinski definition) is 3. The third-order valence-corrected chi connectivity index (χ3v) is 10.6. The van der Waals surface area contributed by atoms with Crippen LogP contribution in [0.3, 0.4) is 0 Å². The zero-order chi connectivity index (χ0) is 24.2. The minimum Gasteiger partial charge on any atom is -0.461 e. The van der Waals surface area contributed by atoms with Crippen molar-refractivity contribution in [3.8, 4) is 0 Å². The van der Waals surface area contributed by atoms with Gasteiger partial charge in [-0.1, -0.05) is 46.4 Å². The number of aliphatic hydroxyl groups excluding tert-OH is 1. The Morgan fingerprint density at radius 2 is 2.06 bits per heavy atom. The van der Waals surface area contributed by atoms with Gasteiger partial charge in [-0.15, -0.1) is 5.10 Å². The SMILES string of the molecule is CC[C@]1(C)C[C@@H](OC(=O)CSc2n[nH]c(N)n2)C2(C)[C@H](C)CCC3(CCC(=O)[C@H]32)[C@@H](C)[C@@H]1O. The van der Waals surface area contributed by atoms with Crippen molar-refractivity contribution >= 4 is 29.5 Å². The van der Waals surface area contributed by atoms with Crippen LogP contribution in [0.2, 0.25) is 0 Å². The fourth-order valence-corrected chi connectivity index (χ4v) is 7.93. The fraction of sp³-hybridized carbons (Fsp3) is 0.833. The number of nitrogens with one attached hydrogen (secondary N) is 1. The molecule has 0 aromatic carbocycles. The first-order chi connectivity index (χ1) is 15.5. The van der Waals surface area contributed by atoms with Gasteiger partial charge in [0, 0.05) is 17.8 Å². The minimum absolute atomic E-state index is 0.0223. The Morgan fingerprint density at radius 3 is 2.70 bits per heavy atom. The van der Waals surface area contributed by atoms with Crippen molar-refractivity contribution in [2.45, 2.75) is 90.5 Å². The highest BCUT2D eigenvalue weighted by molar-refractivity contribution is 7.99. The maximum absolute atomic E-state index is 13.4. The highest BCUT2D eigenvalue weighted by atomic mass is 32.2. The Labute approximate surface area is 200 Å². The van der Waals surface area contributed by atoms with E-state index in [-0.39, 0.29) is 46.6 Å². The molecule has 0 spiro atoms. The van der Waals surface area contributed by atoms with Crippen LogP contribution in [0.25, 0.3) is 0 Å². The first-order valence-electron chi connectivity index (χ1n) is 12.2. The van der Waals surface area contributed by atoms with Gasteiger partial charge in [0.05, 0.1) is 11.9 Å². The molecule has 1 heterocycles. The van der Waals surface area contributed by atoms with Crippen LogP contribution < -0.4 is 5.73 Å². The van der Waals surface area contributed by atoms with Gasteiger partial charge in [-0.05, 0) is 54.8 Å². The summed E-state index contributed by atoms with van der Waals surface area (Å²) in [5.74, 6) is 0.239. The molecule has 2 unspecified atom stereocenters. The van der Waals surface area contributed by atoms with E-state index in [4.69, 9.17) is 10.5 Å². The lowest BCUT2D eigenvalue weighted by atomic mass is 9.43. The molecule has 8 atom stereocenters. The van der Waals surface area contributed by atoms with E-state index >= 15 is 0 Å². The van der Waals surface area contributed by atoms with Crippen LogP contribution in [0, 0.1) is 34.0 Å². The number of nitrogens with two attached hydrogens (primary N) is 1. The number of nitrogen functional groups attached to an aromatic ring is 1. The van der Waals surface area contributed by atoms with Crippen molar-refractivity contribution in [1.29, 1.82) is 0 Å². The summed E-state index contributed by atoms with van der Waals surface area (Å²) in [6.45, 7) is 10.7. The molecule has 0 amide bonds. The Morgan fingerprint density at radius 1 is 1.33 bits per heavy atom. The van der Waals surface area contributed by atoms with Gasteiger partial charge in [0.2, 0.25) is 11.1 Å². The van der Waals surface area contributed by atoms with Gasteiger partial charge in [0.15, 0.2) is 0 Å².